The molecule has 0 aliphatic rings. The van der Waals surface area contributed by atoms with E-state index in [1.54, 1.807) is 0 Å². The molecule has 1 aromatic heterocycles. The van der Waals surface area contributed by atoms with Crippen molar-refractivity contribution in [3.63, 3.8) is 0 Å². The van der Waals surface area contributed by atoms with E-state index in [4.69, 9.17) is 4.74 Å². The van der Waals surface area contributed by atoms with E-state index in [0.717, 1.165) is 18.8 Å². The van der Waals surface area contributed by atoms with Crippen LogP contribution in [0, 0.1) is 0 Å². The lowest BCUT2D eigenvalue weighted by molar-refractivity contribution is 0.304. The van der Waals surface area contributed by atoms with Crippen molar-refractivity contribution >= 4 is 21.8 Å². The molecule has 168 valence electrons. The van der Waals surface area contributed by atoms with E-state index in [9.17, 15) is 0 Å². The molecule has 2 heteroatoms. The van der Waals surface area contributed by atoms with Crippen molar-refractivity contribution in [2.75, 3.05) is 6.61 Å². The maximum Gasteiger partial charge on any atom is 0.119 e. The zero-order chi connectivity index (χ0) is 22.0. The lowest BCUT2D eigenvalue weighted by Gasteiger charge is -2.10. The van der Waals surface area contributed by atoms with Gasteiger partial charge in [-0.15, -0.1) is 0 Å². The first-order chi connectivity index (χ1) is 15.9. The molecule has 4 rings (SSSR count). The molecule has 0 aliphatic carbocycles. The van der Waals surface area contributed by atoms with Crippen molar-refractivity contribution in [2.24, 2.45) is 0 Å². The quantitative estimate of drug-likeness (QED) is 0.194. The Kier molecular flexibility index (Phi) is 8.25. The van der Waals surface area contributed by atoms with Gasteiger partial charge in [0.2, 0.25) is 0 Å². The maximum absolute atomic E-state index is 6.02. The van der Waals surface area contributed by atoms with Gasteiger partial charge in [-0.1, -0.05) is 101 Å². The smallest absolute Gasteiger partial charge is 0.119 e. The summed E-state index contributed by atoms with van der Waals surface area (Å²) in [5.74, 6) is 0.963. The Hall–Kier alpha value is -2.74. The van der Waals surface area contributed by atoms with Gasteiger partial charge in [-0.05, 0) is 42.8 Å². The largest absolute Gasteiger partial charge is 0.494 e. The molecule has 2 nitrogen and oxygen atoms in total. The van der Waals surface area contributed by atoms with Crippen LogP contribution in [-0.2, 0) is 0 Å². The van der Waals surface area contributed by atoms with Crippen molar-refractivity contribution < 1.29 is 4.74 Å². The zero-order valence-corrected chi connectivity index (χ0v) is 19.6. The van der Waals surface area contributed by atoms with Crippen LogP contribution in [0.15, 0.2) is 72.8 Å². The van der Waals surface area contributed by atoms with Gasteiger partial charge in [-0.2, -0.15) is 0 Å². The van der Waals surface area contributed by atoms with Crippen molar-refractivity contribution in [1.29, 1.82) is 0 Å². The third-order valence-corrected chi connectivity index (χ3v) is 6.44. The van der Waals surface area contributed by atoms with Crippen molar-refractivity contribution in [1.82, 2.24) is 4.57 Å². The van der Waals surface area contributed by atoms with Crippen molar-refractivity contribution in [2.45, 2.75) is 71.1 Å². The molecular formula is C30H37NO. The molecule has 0 unspecified atom stereocenters. The van der Waals surface area contributed by atoms with Gasteiger partial charge in [-0.25, -0.2) is 0 Å². The van der Waals surface area contributed by atoms with Gasteiger partial charge >= 0.3 is 0 Å². The van der Waals surface area contributed by atoms with E-state index >= 15 is 0 Å². The van der Waals surface area contributed by atoms with E-state index in [-0.39, 0.29) is 0 Å². The maximum atomic E-state index is 6.02. The van der Waals surface area contributed by atoms with Gasteiger partial charge in [0.1, 0.15) is 5.75 Å². The van der Waals surface area contributed by atoms with Crippen LogP contribution in [-0.4, -0.2) is 11.2 Å². The first kappa shape index (κ1) is 22.5. The highest BCUT2D eigenvalue weighted by Crippen LogP contribution is 2.32. The Morgan fingerprint density at radius 3 is 1.62 bits per heavy atom. The third kappa shape index (κ3) is 5.54. The minimum Gasteiger partial charge on any atom is -0.494 e. The first-order valence-corrected chi connectivity index (χ1v) is 12.6. The summed E-state index contributed by atoms with van der Waals surface area (Å²) in [4.78, 5) is 0. The summed E-state index contributed by atoms with van der Waals surface area (Å²) < 4.78 is 8.36. The number of hydrogen-bond acceptors (Lipinski definition) is 1. The number of unbranched alkanes of at least 4 members (excludes halogenated alkanes) is 9. The fourth-order valence-electron chi connectivity index (χ4n) is 4.67. The van der Waals surface area contributed by atoms with Crippen LogP contribution in [0.1, 0.15) is 71.1 Å². The fourth-order valence-corrected chi connectivity index (χ4v) is 4.67. The SMILES string of the molecule is CCCCCCCCCCCCOc1ccc(-n2c3ccccc3c3ccccc32)cc1. The summed E-state index contributed by atoms with van der Waals surface area (Å²) in [7, 11) is 0. The Morgan fingerprint density at radius 1 is 0.562 bits per heavy atom. The topological polar surface area (TPSA) is 14.2 Å². The van der Waals surface area contributed by atoms with E-state index in [2.05, 4.69) is 84.3 Å². The van der Waals surface area contributed by atoms with E-state index < -0.39 is 0 Å². The van der Waals surface area contributed by atoms with Crippen LogP contribution in [0.5, 0.6) is 5.75 Å². The van der Waals surface area contributed by atoms with Gasteiger partial charge in [-0.3, -0.25) is 0 Å². The second kappa shape index (κ2) is 11.8. The number of rotatable bonds is 13. The Balaban J connectivity index is 1.27. The zero-order valence-electron chi connectivity index (χ0n) is 19.6. The molecule has 0 fully saturated rings. The summed E-state index contributed by atoms with van der Waals surface area (Å²) in [5.41, 5.74) is 3.66. The van der Waals surface area contributed by atoms with E-state index in [0.29, 0.717) is 0 Å². The van der Waals surface area contributed by atoms with Crippen LogP contribution in [0.4, 0.5) is 0 Å². The predicted octanol–water partition coefficient (Wildman–Crippen LogP) is 9.08. The molecule has 0 saturated carbocycles. The number of benzene rings is 3. The second-order valence-corrected chi connectivity index (χ2v) is 8.89. The molecule has 0 saturated heterocycles. The average Bonchev–Trinajstić information content (AvgIpc) is 3.17. The van der Waals surface area contributed by atoms with Gasteiger partial charge in [0, 0.05) is 16.5 Å². The summed E-state index contributed by atoms with van der Waals surface area (Å²) in [5, 5.41) is 2.59. The Bertz CT molecular complexity index is 1040. The molecule has 0 N–H and O–H groups in total. The standard InChI is InChI=1S/C30H37NO/c1-2-3-4-5-6-7-8-9-10-15-24-32-26-22-20-25(21-23-26)31-29-18-13-11-16-27(29)28-17-12-14-19-30(28)31/h11-14,16-23H,2-10,15,24H2,1H3. The molecule has 3 aromatic carbocycles. The summed E-state index contributed by atoms with van der Waals surface area (Å²) in [6, 6.07) is 25.8. The van der Waals surface area contributed by atoms with Crippen LogP contribution >= 0.6 is 0 Å². The summed E-state index contributed by atoms with van der Waals surface area (Å²) in [6.45, 7) is 3.09. The highest BCUT2D eigenvalue weighted by atomic mass is 16.5. The number of ether oxygens (including phenoxy) is 1. The molecule has 0 spiro atoms. The number of aromatic nitrogens is 1. The Morgan fingerprint density at radius 2 is 1.06 bits per heavy atom. The Labute approximate surface area is 193 Å². The summed E-state index contributed by atoms with van der Waals surface area (Å²) in [6.07, 6.45) is 13.5. The molecule has 4 aromatic rings. The molecule has 0 atom stereocenters. The molecular weight excluding hydrogens is 390 g/mol. The first-order valence-electron chi connectivity index (χ1n) is 12.6. The number of nitrogens with zero attached hydrogens (tertiary/aromatic N) is 1. The van der Waals surface area contributed by atoms with Gasteiger partial charge in [0.25, 0.3) is 0 Å². The normalized spacial score (nSPS) is 11.4. The number of para-hydroxylation sites is 2. The molecule has 1 heterocycles. The lowest BCUT2D eigenvalue weighted by atomic mass is 10.1. The molecule has 0 amide bonds. The van der Waals surface area contributed by atoms with Gasteiger partial charge in [0.05, 0.1) is 17.6 Å². The molecule has 0 radical (unpaired) electrons. The highest BCUT2D eigenvalue weighted by molar-refractivity contribution is 6.09. The summed E-state index contributed by atoms with van der Waals surface area (Å²) >= 11 is 0. The second-order valence-electron chi connectivity index (χ2n) is 8.89. The van der Waals surface area contributed by atoms with Crippen LogP contribution in [0.2, 0.25) is 0 Å². The average molecular weight is 428 g/mol. The monoisotopic (exact) mass is 427 g/mol. The number of hydrogen-bond donors (Lipinski definition) is 0. The fraction of sp³-hybridized carbons (Fsp3) is 0.400. The number of fused-ring (bicyclic) bond motifs is 3. The minimum atomic E-state index is 0.811. The van der Waals surface area contributed by atoms with Crippen molar-refractivity contribution in [3.05, 3.63) is 72.8 Å². The molecule has 0 bridgehead atoms. The van der Waals surface area contributed by atoms with Gasteiger partial charge in [0.15, 0.2) is 0 Å². The van der Waals surface area contributed by atoms with Crippen LogP contribution < -0.4 is 4.74 Å². The van der Waals surface area contributed by atoms with E-state index in [1.165, 1.54) is 85.3 Å². The minimum absolute atomic E-state index is 0.811. The van der Waals surface area contributed by atoms with Gasteiger partial charge < -0.3 is 9.30 Å². The molecule has 0 aliphatic heterocycles. The highest BCUT2D eigenvalue weighted by Gasteiger charge is 2.11. The van der Waals surface area contributed by atoms with Crippen LogP contribution in [0.3, 0.4) is 0 Å². The third-order valence-electron chi connectivity index (χ3n) is 6.44. The molecule has 32 heavy (non-hydrogen) atoms. The van der Waals surface area contributed by atoms with E-state index in [1.807, 2.05) is 0 Å². The van der Waals surface area contributed by atoms with Crippen LogP contribution in [0.25, 0.3) is 27.5 Å². The lowest BCUT2D eigenvalue weighted by Crippen LogP contribution is -1.98. The predicted molar refractivity (Wildman–Crippen MR) is 138 cm³/mol. The van der Waals surface area contributed by atoms with Crippen molar-refractivity contribution in [3.8, 4) is 11.4 Å².